The standard InChI is InChI=1S/C26H26N4O2S/c1-18(20-8-4-3-5-9-20)28-26(33)30(16-19-7-6-12-27-15-19)17-22-13-21-10-11-23(32-2)14-24(21)29-25(22)31/h3-15,18H,16-17H2,1-2H3,(H,28,33)(H,29,31)/t18-/m0/s1. The number of rotatable bonds is 7. The molecule has 0 spiro atoms. The summed E-state index contributed by atoms with van der Waals surface area (Å²) < 4.78 is 5.27. The normalized spacial score (nSPS) is 11.7. The number of aromatic nitrogens is 2. The van der Waals surface area contributed by atoms with E-state index in [0.717, 1.165) is 22.0 Å². The molecule has 2 heterocycles. The Kier molecular flexibility index (Phi) is 7.00. The van der Waals surface area contributed by atoms with Gasteiger partial charge in [0.05, 0.1) is 25.2 Å². The third kappa shape index (κ3) is 5.56. The molecule has 2 aromatic heterocycles. The van der Waals surface area contributed by atoms with Gasteiger partial charge in [-0.2, -0.15) is 0 Å². The first kappa shape index (κ1) is 22.5. The molecule has 0 unspecified atom stereocenters. The van der Waals surface area contributed by atoms with Gasteiger partial charge in [-0.1, -0.05) is 36.4 Å². The summed E-state index contributed by atoms with van der Waals surface area (Å²) in [6.07, 6.45) is 3.55. The van der Waals surface area contributed by atoms with Gasteiger partial charge >= 0.3 is 0 Å². The van der Waals surface area contributed by atoms with Gasteiger partial charge < -0.3 is 19.9 Å². The van der Waals surface area contributed by atoms with E-state index in [-0.39, 0.29) is 11.6 Å². The number of hydrogen-bond acceptors (Lipinski definition) is 4. The van der Waals surface area contributed by atoms with Crippen LogP contribution in [0, 0.1) is 0 Å². The number of nitrogens with one attached hydrogen (secondary N) is 2. The first-order chi connectivity index (χ1) is 16.0. The molecule has 2 N–H and O–H groups in total. The second kappa shape index (κ2) is 10.3. The largest absolute Gasteiger partial charge is 0.497 e. The molecule has 0 amide bonds. The number of thiocarbonyl (C=S) groups is 1. The number of benzene rings is 2. The Labute approximate surface area is 198 Å². The van der Waals surface area contributed by atoms with E-state index in [0.29, 0.717) is 29.5 Å². The van der Waals surface area contributed by atoms with Crippen LogP contribution in [0.5, 0.6) is 5.75 Å². The van der Waals surface area contributed by atoms with Crippen LogP contribution in [0.15, 0.2) is 83.9 Å². The first-order valence-electron chi connectivity index (χ1n) is 10.7. The third-order valence-corrected chi connectivity index (χ3v) is 5.89. The molecule has 0 radical (unpaired) electrons. The maximum absolute atomic E-state index is 12.9. The first-order valence-corrected chi connectivity index (χ1v) is 11.1. The fraction of sp³-hybridized carbons (Fsp3) is 0.192. The van der Waals surface area contributed by atoms with E-state index in [1.165, 1.54) is 0 Å². The highest BCUT2D eigenvalue weighted by Crippen LogP contribution is 2.20. The van der Waals surface area contributed by atoms with Crippen molar-refractivity contribution in [3.63, 3.8) is 0 Å². The minimum atomic E-state index is -0.147. The smallest absolute Gasteiger partial charge is 0.253 e. The number of pyridine rings is 2. The van der Waals surface area contributed by atoms with Crippen molar-refractivity contribution in [1.29, 1.82) is 0 Å². The highest BCUT2D eigenvalue weighted by molar-refractivity contribution is 7.80. The van der Waals surface area contributed by atoms with E-state index in [1.54, 1.807) is 13.3 Å². The van der Waals surface area contributed by atoms with Crippen molar-refractivity contribution in [2.45, 2.75) is 26.1 Å². The summed E-state index contributed by atoms with van der Waals surface area (Å²) in [7, 11) is 1.61. The lowest BCUT2D eigenvalue weighted by Crippen LogP contribution is -2.41. The third-order valence-electron chi connectivity index (χ3n) is 5.51. The minimum Gasteiger partial charge on any atom is -0.497 e. The zero-order valence-electron chi connectivity index (χ0n) is 18.6. The molecule has 0 bridgehead atoms. The number of nitrogens with zero attached hydrogens (tertiary/aromatic N) is 2. The maximum Gasteiger partial charge on any atom is 0.253 e. The van der Waals surface area contributed by atoms with E-state index in [9.17, 15) is 4.79 Å². The van der Waals surface area contributed by atoms with Crippen molar-refractivity contribution >= 4 is 28.2 Å². The molecule has 1 atom stereocenters. The lowest BCUT2D eigenvalue weighted by molar-refractivity contribution is 0.391. The van der Waals surface area contributed by atoms with Crippen LogP contribution in [0.1, 0.15) is 29.7 Å². The quantitative estimate of drug-likeness (QED) is 0.396. The van der Waals surface area contributed by atoms with Gasteiger partial charge in [-0.3, -0.25) is 9.78 Å². The van der Waals surface area contributed by atoms with Crippen LogP contribution in [-0.2, 0) is 13.1 Å². The fourth-order valence-corrected chi connectivity index (χ4v) is 3.99. The molecule has 4 rings (SSSR count). The number of hydrogen-bond donors (Lipinski definition) is 2. The Morgan fingerprint density at radius 1 is 1.12 bits per heavy atom. The van der Waals surface area contributed by atoms with Gasteiger partial charge in [-0.15, -0.1) is 0 Å². The zero-order valence-corrected chi connectivity index (χ0v) is 19.4. The number of ether oxygens (including phenoxy) is 1. The minimum absolute atomic E-state index is 0.0254. The van der Waals surface area contributed by atoms with Crippen LogP contribution in [0.25, 0.3) is 10.9 Å². The molecule has 0 saturated heterocycles. The van der Waals surface area contributed by atoms with Gasteiger partial charge in [0.2, 0.25) is 0 Å². The molecule has 0 aliphatic rings. The van der Waals surface area contributed by atoms with Crippen LogP contribution in [0.3, 0.4) is 0 Å². The Hall–Kier alpha value is -3.71. The molecule has 2 aromatic carbocycles. The summed E-state index contributed by atoms with van der Waals surface area (Å²) in [6, 6.07) is 21.6. The van der Waals surface area contributed by atoms with E-state index >= 15 is 0 Å². The zero-order chi connectivity index (χ0) is 23.2. The Balaban J connectivity index is 1.61. The predicted molar refractivity (Wildman–Crippen MR) is 135 cm³/mol. The van der Waals surface area contributed by atoms with Gasteiger partial charge in [0.25, 0.3) is 5.56 Å². The molecule has 0 fully saturated rings. The van der Waals surface area contributed by atoms with Crippen LogP contribution >= 0.6 is 12.2 Å². The Bertz CT molecular complexity index is 1290. The van der Waals surface area contributed by atoms with E-state index in [2.05, 4.69) is 34.3 Å². The lowest BCUT2D eigenvalue weighted by atomic mass is 10.1. The topological polar surface area (TPSA) is 70.2 Å². The Morgan fingerprint density at radius 2 is 1.94 bits per heavy atom. The van der Waals surface area contributed by atoms with E-state index in [1.807, 2.05) is 65.7 Å². The highest BCUT2D eigenvalue weighted by atomic mass is 32.1. The SMILES string of the molecule is COc1ccc2cc(CN(Cc3cccnc3)C(=S)N[C@@H](C)c3ccccc3)c(=O)[nH]c2c1. The molecule has 0 saturated carbocycles. The second-order valence-electron chi connectivity index (χ2n) is 7.88. The van der Waals surface area contributed by atoms with Crippen molar-refractivity contribution in [3.8, 4) is 5.75 Å². The number of methoxy groups -OCH3 is 1. The average molecular weight is 459 g/mol. The van der Waals surface area contributed by atoms with Gasteiger partial charge in [0.15, 0.2) is 5.11 Å². The van der Waals surface area contributed by atoms with Gasteiger partial charge in [-0.05, 0) is 59.9 Å². The summed E-state index contributed by atoms with van der Waals surface area (Å²) in [5.41, 5.74) is 3.37. The molecular formula is C26H26N4O2S. The predicted octanol–water partition coefficient (Wildman–Crippen LogP) is 4.57. The van der Waals surface area contributed by atoms with Gasteiger partial charge in [-0.25, -0.2) is 0 Å². The average Bonchev–Trinajstić information content (AvgIpc) is 2.84. The summed E-state index contributed by atoms with van der Waals surface area (Å²) in [4.78, 5) is 22.1. The lowest BCUT2D eigenvalue weighted by Gasteiger charge is -2.28. The summed E-state index contributed by atoms with van der Waals surface area (Å²) in [5, 5.41) is 4.92. The molecular weight excluding hydrogens is 432 g/mol. The summed E-state index contributed by atoms with van der Waals surface area (Å²) >= 11 is 5.79. The van der Waals surface area contributed by atoms with Crippen LogP contribution in [0.2, 0.25) is 0 Å². The molecule has 168 valence electrons. The van der Waals surface area contributed by atoms with E-state index < -0.39 is 0 Å². The van der Waals surface area contributed by atoms with Crippen LogP contribution in [-0.4, -0.2) is 27.1 Å². The number of H-pyrrole nitrogens is 1. The van der Waals surface area contributed by atoms with E-state index in [4.69, 9.17) is 17.0 Å². The number of aromatic amines is 1. The van der Waals surface area contributed by atoms with Crippen molar-refractivity contribution < 1.29 is 4.74 Å². The molecule has 33 heavy (non-hydrogen) atoms. The maximum atomic E-state index is 12.9. The fourth-order valence-electron chi connectivity index (χ4n) is 3.69. The summed E-state index contributed by atoms with van der Waals surface area (Å²) in [6.45, 7) is 2.96. The monoisotopic (exact) mass is 458 g/mol. The Morgan fingerprint density at radius 3 is 2.67 bits per heavy atom. The van der Waals surface area contributed by atoms with Crippen LogP contribution < -0.4 is 15.6 Å². The second-order valence-corrected chi connectivity index (χ2v) is 8.26. The molecule has 0 aliphatic heterocycles. The van der Waals surface area contributed by atoms with Crippen molar-refractivity contribution in [3.05, 3.63) is 106 Å². The summed E-state index contributed by atoms with van der Waals surface area (Å²) in [5.74, 6) is 0.699. The molecule has 4 aromatic rings. The molecule has 6 nitrogen and oxygen atoms in total. The molecule has 7 heteroatoms. The highest BCUT2D eigenvalue weighted by Gasteiger charge is 2.17. The number of fused-ring (bicyclic) bond motifs is 1. The van der Waals surface area contributed by atoms with Crippen molar-refractivity contribution in [2.24, 2.45) is 0 Å². The van der Waals surface area contributed by atoms with Gasteiger partial charge in [0, 0.05) is 30.6 Å². The van der Waals surface area contributed by atoms with Crippen molar-refractivity contribution in [1.82, 2.24) is 20.2 Å². The van der Waals surface area contributed by atoms with Gasteiger partial charge in [0.1, 0.15) is 5.75 Å². The van der Waals surface area contributed by atoms with Crippen molar-refractivity contribution in [2.75, 3.05) is 7.11 Å². The van der Waals surface area contributed by atoms with Crippen LogP contribution in [0.4, 0.5) is 0 Å². The molecule has 0 aliphatic carbocycles.